The van der Waals surface area contributed by atoms with Crippen LogP contribution in [0.2, 0.25) is 0 Å². The maximum absolute atomic E-state index is 12.9. The number of ether oxygens (including phenoxy) is 1. The lowest BCUT2D eigenvalue weighted by molar-refractivity contribution is -0.140. The van der Waals surface area contributed by atoms with Crippen LogP contribution in [0.4, 0.5) is 39.5 Å². The van der Waals surface area contributed by atoms with Gasteiger partial charge >= 0.3 is 17.9 Å². The third kappa shape index (κ3) is 49.2. The fraction of sp³-hybridized carbons (Fsp3) is 0.148. The van der Waals surface area contributed by atoms with Gasteiger partial charge in [-0.05, 0) is 354 Å². The summed E-state index contributed by atoms with van der Waals surface area (Å²) in [6.07, 6.45) is 13.9. The number of carboxylic acid groups (broad SMARTS) is 2. The monoisotopic (exact) mass is 2350 g/mol. The number of methoxy groups -OCH3 is 1. The van der Waals surface area contributed by atoms with Crippen LogP contribution in [-0.4, -0.2) is 56.8 Å². The minimum absolute atomic E-state index is 0.0295. The van der Waals surface area contributed by atoms with Crippen molar-refractivity contribution in [2.24, 2.45) is 0 Å². The standard InChI is InChI=1S/C9H7F.C9H9IO2.C8H5FIN.C8H8FI.C8H9F.C8H7IO2.C7H5BrFI.C7H6FI.C7H4FNO.C7H5FO3.C7H7FO.C2H2.CH4S/c1-3-8-5-4-7(2)9(10)6-8;1-12-9(11)6-7-2-4-8(10)5-3-7;9-8-5-7(10)2-1-6(8)3-4-11;1-2-6-3-4-7(10)5-8(6)9;1-6-3-4-7(2)8(9)5-6;9-7-3-1-6(2-4-7)5-8(10)11;8-4-5-1-2-6(10)3-7(5)9;1-5-2-3-6(9)4-7(5)8;8-7-3-6(10)2-1-5(7)4-9;8-6-3-4(9)1-2-5(6)7(10)11;1-5-2-3-6(9)4-7(5)8;2*1-2/h1,4-6H,2H3;2-5H,6H2,1H3;1-2,5H,3H2;3-5H,2H2,1H3;3-5H,1-2H3;1-4H,5H2,(H,10,11);1-3H,4H2;2-4H,1H3;1-3,10H;1-3,9H,(H,10,11);2-4,9H,1H3;1-2H;2H,1H3/i;;;;;;;;;;;1T;. The Balaban J connectivity index is 0. The number of carbonyl (C=O) groups is 3. The van der Waals surface area contributed by atoms with Gasteiger partial charge in [-0.1, -0.05) is 102 Å². The highest BCUT2D eigenvalue weighted by Crippen LogP contribution is 2.20. The summed E-state index contributed by atoms with van der Waals surface area (Å²) in [5.74, 6) is -3.45. The first kappa shape index (κ1) is 108. The summed E-state index contributed by atoms with van der Waals surface area (Å²) in [7, 11) is 1.40. The van der Waals surface area contributed by atoms with Crippen molar-refractivity contribution < 1.29 is 85.5 Å². The van der Waals surface area contributed by atoms with Crippen molar-refractivity contribution in [1.82, 2.24) is 0 Å². The molecule has 5 N–H and O–H groups in total. The van der Waals surface area contributed by atoms with E-state index in [1.54, 1.807) is 88.6 Å². The summed E-state index contributed by atoms with van der Waals surface area (Å²) in [4.78, 5) is 31.3. The second kappa shape index (κ2) is 63.1. The molecule has 0 saturated heterocycles. The molecule has 0 fully saturated rings. The van der Waals surface area contributed by atoms with E-state index >= 15 is 0 Å². The highest BCUT2D eigenvalue weighted by atomic mass is 127. The molecule has 11 nitrogen and oxygen atoms in total. The fourth-order valence-electron chi connectivity index (χ4n) is 7.61. The van der Waals surface area contributed by atoms with Crippen molar-refractivity contribution >= 4 is 182 Å². The number of rotatable bonds is 8. The van der Waals surface area contributed by atoms with Crippen LogP contribution < -0.4 is 0 Å². The Bertz CT molecular complexity index is 4930. The first-order chi connectivity index (χ1) is 55.2. The van der Waals surface area contributed by atoms with Crippen LogP contribution in [0.15, 0.2) is 212 Å². The molecule has 11 rings (SSSR count). The molecule has 11 aromatic rings. The maximum Gasteiger partial charge on any atom is 0.338 e. The molecule has 0 bridgehead atoms. The van der Waals surface area contributed by atoms with Crippen LogP contribution in [0.25, 0.3) is 0 Å². The highest BCUT2D eigenvalue weighted by Gasteiger charge is 2.10. The van der Waals surface area contributed by atoms with Crippen LogP contribution >= 0.6 is 164 Å². The number of benzene rings is 11. The molecular formula is C88H78BrF9I6N2O9S. The number of carboxylic acids is 2. The van der Waals surface area contributed by atoms with E-state index in [9.17, 15) is 53.9 Å². The van der Waals surface area contributed by atoms with Crippen LogP contribution in [0.3, 0.4) is 0 Å². The van der Waals surface area contributed by atoms with Crippen molar-refractivity contribution in [2.45, 2.75) is 72.6 Å². The molecule has 0 aliphatic rings. The number of phenolic OH excluding ortho intramolecular Hbond substituents is 3. The van der Waals surface area contributed by atoms with Crippen molar-refractivity contribution in [3.8, 4) is 54.6 Å². The van der Waals surface area contributed by atoms with Gasteiger partial charge in [-0.3, -0.25) is 9.59 Å². The minimum Gasteiger partial charge on any atom is -0.508 e. The zero-order chi connectivity index (χ0) is 89.4. The topological polar surface area (TPSA) is 209 Å². The van der Waals surface area contributed by atoms with Gasteiger partial charge in [0.05, 0.1) is 43.6 Å². The molecule has 0 saturated carbocycles. The van der Waals surface area contributed by atoms with Gasteiger partial charge in [-0.25, -0.2) is 44.3 Å². The lowest BCUT2D eigenvalue weighted by Gasteiger charge is -1.98. The number of halogens is 16. The number of nitriles is 2. The lowest BCUT2D eigenvalue weighted by Crippen LogP contribution is -2.03. The summed E-state index contributed by atoms with van der Waals surface area (Å²) < 4.78 is 130. The number of aryl methyl sites for hydroxylation is 6. The van der Waals surface area contributed by atoms with E-state index in [1.165, 1.54) is 71.7 Å². The first-order valence-corrected chi connectivity index (χ1v) is 41.5. The van der Waals surface area contributed by atoms with Crippen LogP contribution in [0, 0.1) is 156 Å². The van der Waals surface area contributed by atoms with Gasteiger partial charge in [-0.15, -0.1) is 19.2 Å². The third-order valence-electron chi connectivity index (χ3n) is 13.8. The summed E-state index contributed by atoms with van der Waals surface area (Å²) in [5.41, 5.74) is 7.44. The average Bonchev–Trinajstić information content (AvgIpc) is 0.881. The van der Waals surface area contributed by atoms with Gasteiger partial charge in [0, 0.05) is 56.1 Å². The lowest BCUT2D eigenvalue weighted by atomic mass is 10.1. The van der Waals surface area contributed by atoms with E-state index < -0.39 is 29.1 Å². The molecule has 0 aromatic heterocycles. The quantitative estimate of drug-likeness (QED) is 0.0211. The average molecular weight is 2350 g/mol. The molecule has 612 valence electrons. The Morgan fingerprint density at radius 1 is 0.466 bits per heavy atom. The van der Waals surface area contributed by atoms with Crippen LogP contribution in [-0.2, 0) is 45.3 Å². The molecule has 0 unspecified atom stereocenters. The molecule has 0 amide bonds. The second-order valence-corrected chi connectivity index (χ2v) is 30.6. The van der Waals surface area contributed by atoms with Crippen LogP contribution in [0.5, 0.6) is 17.2 Å². The van der Waals surface area contributed by atoms with Gasteiger partial charge in [0.1, 0.15) is 77.0 Å². The number of phenols is 3. The minimum atomic E-state index is -1.34. The molecule has 11 aromatic carbocycles. The smallest absolute Gasteiger partial charge is 0.338 e. The van der Waals surface area contributed by atoms with Gasteiger partial charge in [-0.2, -0.15) is 23.2 Å². The Kier molecular flexibility index (Phi) is 58.7. The molecule has 0 heterocycles. The van der Waals surface area contributed by atoms with E-state index in [2.05, 4.69) is 159 Å². The number of hydrogen-bond donors (Lipinski definition) is 6. The predicted molar refractivity (Wildman–Crippen MR) is 498 cm³/mol. The van der Waals surface area contributed by atoms with E-state index in [4.69, 9.17) is 43.9 Å². The van der Waals surface area contributed by atoms with Crippen molar-refractivity contribution in [3.63, 3.8) is 0 Å². The van der Waals surface area contributed by atoms with Gasteiger partial charge in [0.15, 0.2) is 0 Å². The number of hydrogen-bond acceptors (Lipinski definition) is 10. The summed E-state index contributed by atoms with van der Waals surface area (Å²) in [6.45, 7) is 10.7. The number of aromatic hydroxyl groups is 3. The maximum atomic E-state index is 12.9. The van der Waals surface area contributed by atoms with Crippen molar-refractivity contribution in [1.29, 1.82) is 10.5 Å². The summed E-state index contributed by atoms with van der Waals surface area (Å²) in [6, 6.07) is 59.7. The summed E-state index contributed by atoms with van der Waals surface area (Å²) in [5, 5.41) is 59.9. The molecule has 0 radical (unpaired) electrons. The number of carbonyl (C=O) groups excluding carboxylic acids is 1. The number of esters is 1. The van der Waals surface area contributed by atoms with Gasteiger partial charge < -0.3 is 30.3 Å². The van der Waals surface area contributed by atoms with Gasteiger partial charge in [0.2, 0.25) is 0 Å². The van der Waals surface area contributed by atoms with E-state index in [0.717, 1.165) is 76.9 Å². The molecule has 28 heteroatoms. The zero-order valence-electron chi connectivity index (χ0n) is 64.2. The fourth-order valence-corrected chi connectivity index (χ4v) is 10.6. The SMILES string of the molecule is C#Cc1ccc(C)c(F)c1.CCc1ccc(I)cc1F.COC(=O)Cc1ccc(I)cc1.CS.Cc1ccc(C)c(F)c1.Cc1ccc(I)cc1F.Cc1ccc(O)cc1F.Fc1cc(I)ccc1CBr.N#CCc1ccc(I)cc1F.N#Cc1ccc(O)cc1F.O=C(O)Cc1ccc(I)cc1.O=C(O)c1ccc(O)cc1F.[3H]C#C. The normalized spacial score (nSPS) is 9.27. The molecular weight excluding hydrogens is 2270 g/mol. The Labute approximate surface area is 768 Å². The van der Waals surface area contributed by atoms with E-state index in [1.807, 2.05) is 121 Å². The first-order valence-electron chi connectivity index (χ1n) is 33.5. The number of aromatic carboxylic acids is 1. The predicted octanol–water partition coefficient (Wildman–Crippen LogP) is 25.3. The second-order valence-electron chi connectivity index (χ2n) is 22.5. The number of aliphatic carboxylic acids is 1. The summed E-state index contributed by atoms with van der Waals surface area (Å²) >= 11 is 19.4. The van der Waals surface area contributed by atoms with Crippen molar-refractivity contribution in [2.75, 3.05) is 13.4 Å². The Hall–Kier alpha value is -8.09. The Morgan fingerprint density at radius 2 is 0.819 bits per heavy atom. The molecule has 0 atom stereocenters. The highest BCUT2D eigenvalue weighted by molar-refractivity contribution is 14.1. The Morgan fingerprint density at radius 3 is 1.16 bits per heavy atom. The number of thiol groups is 1. The third-order valence-corrected chi connectivity index (χ3v) is 18.5. The number of alkyl halides is 1. The van der Waals surface area contributed by atoms with E-state index in [0.29, 0.717) is 50.7 Å². The zero-order valence-corrected chi connectivity index (χ0v) is 78.6. The number of nitrogens with zero attached hydrogens (tertiary/aromatic N) is 2. The molecule has 0 aliphatic carbocycles. The van der Waals surface area contributed by atoms with Crippen molar-refractivity contribution in [3.05, 3.63) is 358 Å². The number of terminal acetylenes is 2. The van der Waals surface area contributed by atoms with Gasteiger partial charge in [0.25, 0.3) is 0 Å². The molecule has 116 heavy (non-hydrogen) atoms. The van der Waals surface area contributed by atoms with Crippen LogP contribution in [0.1, 0.15) is 85.4 Å². The largest absolute Gasteiger partial charge is 0.508 e. The molecule has 0 aliphatic heterocycles. The van der Waals surface area contributed by atoms with E-state index in [-0.39, 0.29) is 82.3 Å². The molecule has 0 spiro atoms.